The molecule has 2 aromatic rings. The SMILES string of the molecule is COc1ccncc1C1=C[C@H]2CC[C@@H](C=O)[C@@H]1[C@@H]2c1cccnc1. The first-order valence-corrected chi connectivity index (χ1v) is 8.38. The average molecular weight is 320 g/mol. The van der Waals surface area contributed by atoms with Crippen molar-refractivity contribution >= 4 is 11.9 Å². The molecular formula is C20H20N2O2. The van der Waals surface area contributed by atoms with Crippen LogP contribution in [-0.4, -0.2) is 23.4 Å². The first-order chi connectivity index (χ1) is 11.8. The van der Waals surface area contributed by atoms with Crippen LogP contribution in [0.3, 0.4) is 0 Å². The predicted molar refractivity (Wildman–Crippen MR) is 91.5 cm³/mol. The molecule has 0 saturated heterocycles. The Morgan fingerprint density at radius 2 is 2.00 bits per heavy atom. The Kier molecular flexibility index (Phi) is 3.89. The summed E-state index contributed by atoms with van der Waals surface area (Å²) in [4.78, 5) is 20.3. The summed E-state index contributed by atoms with van der Waals surface area (Å²) < 4.78 is 5.53. The van der Waals surface area contributed by atoms with E-state index < -0.39 is 0 Å². The molecule has 4 atom stereocenters. The van der Waals surface area contributed by atoms with Gasteiger partial charge in [-0.25, -0.2) is 0 Å². The first kappa shape index (κ1) is 15.1. The molecule has 0 aromatic carbocycles. The average Bonchev–Trinajstić information content (AvgIpc) is 2.92. The van der Waals surface area contributed by atoms with Crippen molar-refractivity contribution in [2.24, 2.45) is 17.8 Å². The Balaban J connectivity index is 1.81. The second kappa shape index (κ2) is 6.19. The number of hydrogen-bond donors (Lipinski definition) is 0. The van der Waals surface area contributed by atoms with Crippen LogP contribution in [0.4, 0.5) is 0 Å². The van der Waals surface area contributed by atoms with E-state index in [4.69, 9.17) is 4.74 Å². The number of carbonyl (C=O) groups excluding carboxylic acids is 1. The van der Waals surface area contributed by atoms with Gasteiger partial charge in [0.15, 0.2) is 0 Å². The molecule has 1 saturated carbocycles. The summed E-state index contributed by atoms with van der Waals surface area (Å²) in [5, 5.41) is 0. The van der Waals surface area contributed by atoms with E-state index in [2.05, 4.69) is 22.1 Å². The predicted octanol–water partition coefficient (Wildman–Crippen LogP) is 3.51. The number of methoxy groups -OCH3 is 1. The largest absolute Gasteiger partial charge is 0.496 e. The van der Waals surface area contributed by atoms with Gasteiger partial charge in [-0.1, -0.05) is 12.1 Å². The third-order valence-electron chi connectivity index (χ3n) is 5.45. The fourth-order valence-electron chi connectivity index (χ4n) is 4.46. The third-order valence-corrected chi connectivity index (χ3v) is 5.45. The summed E-state index contributed by atoms with van der Waals surface area (Å²) in [5.74, 6) is 1.77. The topological polar surface area (TPSA) is 52.1 Å². The maximum atomic E-state index is 11.8. The number of aromatic nitrogens is 2. The number of ether oxygens (including phenoxy) is 1. The van der Waals surface area contributed by atoms with Gasteiger partial charge in [-0.2, -0.15) is 0 Å². The van der Waals surface area contributed by atoms with Gasteiger partial charge in [0.2, 0.25) is 0 Å². The van der Waals surface area contributed by atoms with Gasteiger partial charge >= 0.3 is 0 Å². The molecule has 2 heterocycles. The number of carbonyl (C=O) groups is 1. The maximum absolute atomic E-state index is 11.8. The molecular weight excluding hydrogens is 300 g/mol. The van der Waals surface area contributed by atoms with Crippen molar-refractivity contribution in [3.05, 3.63) is 60.2 Å². The highest BCUT2D eigenvalue weighted by Crippen LogP contribution is 2.57. The number of nitrogens with zero attached hydrogens (tertiary/aromatic N) is 2. The summed E-state index contributed by atoms with van der Waals surface area (Å²) >= 11 is 0. The fraction of sp³-hybridized carbons (Fsp3) is 0.350. The quantitative estimate of drug-likeness (QED) is 0.809. The van der Waals surface area contributed by atoms with E-state index in [-0.39, 0.29) is 11.8 Å². The molecule has 0 radical (unpaired) electrons. The van der Waals surface area contributed by atoms with Crippen LogP contribution in [0, 0.1) is 17.8 Å². The molecule has 4 heteroatoms. The minimum atomic E-state index is 0.0325. The van der Waals surface area contributed by atoms with Gasteiger partial charge in [0.25, 0.3) is 0 Å². The number of aldehydes is 1. The van der Waals surface area contributed by atoms with Gasteiger partial charge in [-0.3, -0.25) is 9.97 Å². The van der Waals surface area contributed by atoms with Crippen LogP contribution >= 0.6 is 0 Å². The molecule has 4 rings (SSSR count). The standard InChI is InChI=1S/C20H20N2O2/c1-24-18-6-8-22-11-17(18)16-9-13-4-5-15(12-23)20(16)19(13)14-3-2-7-21-10-14/h2-3,6-13,15,19-20H,4-5H2,1H3/t13-,15+,19+,20+/m1/s1. The van der Waals surface area contributed by atoms with Crippen LogP contribution in [0.1, 0.15) is 29.9 Å². The molecule has 1 fully saturated rings. The van der Waals surface area contributed by atoms with Crippen LogP contribution in [0.25, 0.3) is 5.57 Å². The Morgan fingerprint density at radius 1 is 1.12 bits per heavy atom. The number of rotatable bonds is 4. The third kappa shape index (κ3) is 2.33. The van der Waals surface area contributed by atoms with Gasteiger partial charge in [0, 0.05) is 42.2 Å². The van der Waals surface area contributed by atoms with Crippen LogP contribution in [0.5, 0.6) is 5.75 Å². The Hall–Kier alpha value is -2.49. The summed E-state index contributed by atoms with van der Waals surface area (Å²) in [6, 6.07) is 5.99. The van der Waals surface area contributed by atoms with Crippen LogP contribution in [0.15, 0.2) is 49.1 Å². The second-order valence-electron chi connectivity index (χ2n) is 6.58. The van der Waals surface area contributed by atoms with Crippen molar-refractivity contribution < 1.29 is 9.53 Å². The smallest absolute Gasteiger partial charge is 0.129 e. The lowest BCUT2D eigenvalue weighted by Crippen LogP contribution is -2.29. The van der Waals surface area contributed by atoms with E-state index in [1.54, 1.807) is 19.5 Å². The molecule has 2 aromatic heterocycles. The number of pyridine rings is 2. The van der Waals surface area contributed by atoms with Crippen molar-refractivity contribution in [2.45, 2.75) is 18.8 Å². The fourth-order valence-corrected chi connectivity index (χ4v) is 4.46. The highest BCUT2D eigenvalue weighted by Gasteiger charge is 2.46. The van der Waals surface area contributed by atoms with Gasteiger partial charge in [0.05, 0.1) is 7.11 Å². The first-order valence-electron chi connectivity index (χ1n) is 8.38. The number of hydrogen-bond acceptors (Lipinski definition) is 4. The molecule has 24 heavy (non-hydrogen) atoms. The second-order valence-corrected chi connectivity index (χ2v) is 6.58. The lowest BCUT2D eigenvalue weighted by atomic mass is 9.67. The highest BCUT2D eigenvalue weighted by molar-refractivity contribution is 5.78. The van der Waals surface area contributed by atoms with Crippen molar-refractivity contribution in [1.82, 2.24) is 9.97 Å². The zero-order valence-corrected chi connectivity index (χ0v) is 13.6. The molecule has 0 aliphatic heterocycles. The Morgan fingerprint density at radius 3 is 2.75 bits per heavy atom. The zero-order valence-electron chi connectivity index (χ0n) is 13.6. The molecule has 0 spiro atoms. The van der Waals surface area contributed by atoms with E-state index in [1.807, 2.05) is 24.5 Å². The normalized spacial score (nSPS) is 28.3. The van der Waals surface area contributed by atoms with Gasteiger partial charge < -0.3 is 9.53 Å². The van der Waals surface area contributed by atoms with Crippen molar-refractivity contribution in [2.75, 3.05) is 7.11 Å². The zero-order chi connectivity index (χ0) is 16.5. The van der Waals surface area contributed by atoms with Crippen molar-refractivity contribution in [1.29, 1.82) is 0 Å². The lowest BCUT2D eigenvalue weighted by molar-refractivity contribution is -0.113. The van der Waals surface area contributed by atoms with Crippen LogP contribution < -0.4 is 4.74 Å². The molecule has 0 N–H and O–H groups in total. The van der Waals surface area contributed by atoms with E-state index in [0.29, 0.717) is 11.8 Å². The van der Waals surface area contributed by atoms with E-state index >= 15 is 0 Å². The molecule has 2 bridgehead atoms. The van der Waals surface area contributed by atoms with Crippen LogP contribution in [0.2, 0.25) is 0 Å². The number of allylic oxidation sites excluding steroid dienone is 2. The summed E-state index contributed by atoms with van der Waals surface area (Å²) in [5.41, 5.74) is 3.43. The van der Waals surface area contributed by atoms with Gasteiger partial charge in [-0.05, 0) is 47.9 Å². The molecule has 2 aliphatic rings. The molecule has 0 amide bonds. The molecule has 122 valence electrons. The summed E-state index contributed by atoms with van der Waals surface area (Å²) in [6.07, 6.45) is 12.8. The van der Waals surface area contributed by atoms with Gasteiger partial charge in [0.1, 0.15) is 12.0 Å². The Bertz CT molecular complexity index is 772. The minimum Gasteiger partial charge on any atom is -0.496 e. The van der Waals surface area contributed by atoms with Crippen LogP contribution in [-0.2, 0) is 4.79 Å². The molecule has 4 nitrogen and oxygen atoms in total. The summed E-state index contributed by atoms with van der Waals surface area (Å²) in [7, 11) is 1.68. The maximum Gasteiger partial charge on any atom is 0.129 e. The van der Waals surface area contributed by atoms with Gasteiger partial charge in [-0.15, -0.1) is 0 Å². The van der Waals surface area contributed by atoms with Crippen molar-refractivity contribution in [3.63, 3.8) is 0 Å². The molecule has 2 aliphatic carbocycles. The van der Waals surface area contributed by atoms with E-state index in [1.165, 1.54) is 11.1 Å². The number of fused-ring (bicyclic) bond motifs is 2. The van der Waals surface area contributed by atoms with Crippen molar-refractivity contribution in [3.8, 4) is 5.75 Å². The molecule has 0 unspecified atom stereocenters. The van der Waals surface area contributed by atoms with E-state index in [9.17, 15) is 4.79 Å². The minimum absolute atomic E-state index is 0.0325. The Labute approximate surface area is 141 Å². The summed E-state index contributed by atoms with van der Waals surface area (Å²) in [6.45, 7) is 0. The monoisotopic (exact) mass is 320 g/mol. The highest BCUT2D eigenvalue weighted by atomic mass is 16.5. The van der Waals surface area contributed by atoms with E-state index in [0.717, 1.165) is 30.4 Å². The lowest BCUT2D eigenvalue weighted by Gasteiger charge is -2.36.